The van der Waals surface area contributed by atoms with E-state index in [1.165, 1.54) is 0 Å². The zero-order chi connectivity index (χ0) is 14.6. The van der Waals surface area contributed by atoms with E-state index in [1.807, 2.05) is 20.8 Å². The molecule has 0 saturated carbocycles. The zero-order valence-corrected chi connectivity index (χ0v) is 13.2. The average Bonchev–Trinajstić information content (AvgIpc) is 2.64. The van der Waals surface area contributed by atoms with Crippen LogP contribution in [-0.2, 0) is 14.8 Å². The van der Waals surface area contributed by atoms with Crippen molar-refractivity contribution in [3.05, 3.63) is 15.4 Å². The molecule has 1 aromatic rings. The third-order valence-corrected chi connectivity index (χ3v) is 5.73. The molecule has 1 aromatic heterocycles. The van der Waals surface area contributed by atoms with Gasteiger partial charge in [-0.15, -0.1) is 0 Å². The maximum atomic E-state index is 12.2. The van der Waals surface area contributed by atoms with Crippen molar-refractivity contribution >= 4 is 21.4 Å². The number of H-pyrrole nitrogens is 1. The fourth-order valence-corrected chi connectivity index (χ4v) is 4.19. The van der Waals surface area contributed by atoms with Gasteiger partial charge in [0.1, 0.15) is 0 Å². The third-order valence-electron chi connectivity index (χ3n) is 2.64. The SMILES string of the molecule is CCOCC(NS(=O)(=O)c1sc(=O)[nH]c1C)C(C)C. The van der Waals surface area contributed by atoms with Gasteiger partial charge in [0.05, 0.1) is 6.61 Å². The summed E-state index contributed by atoms with van der Waals surface area (Å²) in [5.41, 5.74) is 0.362. The summed E-state index contributed by atoms with van der Waals surface area (Å²) in [7, 11) is -3.69. The second-order valence-corrected chi connectivity index (χ2v) is 7.45. The minimum Gasteiger partial charge on any atom is -0.380 e. The van der Waals surface area contributed by atoms with E-state index in [-0.39, 0.29) is 21.0 Å². The number of aromatic amines is 1. The Morgan fingerprint density at radius 1 is 1.42 bits per heavy atom. The van der Waals surface area contributed by atoms with E-state index in [4.69, 9.17) is 4.74 Å². The number of aromatic nitrogens is 1. The van der Waals surface area contributed by atoms with Crippen LogP contribution in [-0.4, -0.2) is 32.7 Å². The summed E-state index contributed by atoms with van der Waals surface area (Å²) in [6, 6.07) is -0.318. The molecule has 1 atom stereocenters. The first kappa shape index (κ1) is 16.4. The molecule has 0 aromatic carbocycles. The molecule has 2 N–H and O–H groups in total. The normalized spacial score (nSPS) is 13.9. The smallest absolute Gasteiger partial charge is 0.305 e. The largest absolute Gasteiger partial charge is 0.380 e. The van der Waals surface area contributed by atoms with Crippen LogP contribution in [0.5, 0.6) is 0 Å². The zero-order valence-electron chi connectivity index (χ0n) is 11.5. The first-order chi connectivity index (χ1) is 8.77. The molecule has 0 radical (unpaired) electrons. The molecule has 0 aliphatic rings. The van der Waals surface area contributed by atoms with E-state index in [0.717, 1.165) is 0 Å². The summed E-state index contributed by atoms with van der Waals surface area (Å²) in [4.78, 5) is 13.3. The monoisotopic (exact) mass is 308 g/mol. The Bertz CT molecular complexity index is 559. The lowest BCUT2D eigenvalue weighted by Crippen LogP contribution is -2.41. The predicted octanol–water partition coefficient (Wildman–Crippen LogP) is 1.08. The Morgan fingerprint density at radius 2 is 2.05 bits per heavy atom. The van der Waals surface area contributed by atoms with Gasteiger partial charge in [0.25, 0.3) is 10.0 Å². The Balaban J connectivity index is 2.94. The highest BCUT2D eigenvalue weighted by Crippen LogP contribution is 2.17. The van der Waals surface area contributed by atoms with Crippen LogP contribution in [0.3, 0.4) is 0 Å². The van der Waals surface area contributed by atoms with Gasteiger partial charge in [-0.3, -0.25) is 4.79 Å². The van der Waals surface area contributed by atoms with Gasteiger partial charge in [0, 0.05) is 18.3 Å². The molecule has 8 heteroatoms. The van der Waals surface area contributed by atoms with E-state index in [9.17, 15) is 13.2 Å². The van der Waals surface area contributed by atoms with Gasteiger partial charge in [-0.1, -0.05) is 25.2 Å². The molecule has 0 aliphatic carbocycles. The summed E-state index contributed by atoms with van der Waals surface area (Å²) in [5.74, 6) is 0.0947. The maximum Gasteiger partial charge on any atom is 0.305 e. The van der Waals surface area contributed by atoms with Crippen molar-refractivity contribution in [1.29, 1.82) is 0 Å². The molecule has 1 heterocycles. The minimum atomic E-state index is -3.69. The van der Waals surface area contributed by atoms with Crippen LogP contribution in [0.25, 0.3) is 0 Å². The van der Waals surface area contributed by atoms with E-state index < -0.39 is 10.0 Å². The van der Waals surface area contributed by atoms with Gasteiger partial charge in [0.2, 0.25) is 0 Å². The highest BCUT2D eigenvalue weighted by molar-refractivity contribution is 7.91. The van der Waals surface area contributed by atoms with Crippen LogP contribution < -0.4 is 9.60 Å². The number of rotatable bonds is 7. The summed E-state index contributed by atoms with van der Waals surface area (Å²) >= 11 is 0.696. The number of thiazole rings is 1. The van der Waals surface area contributed by atoms with Crippen molar-refractivity contribution in [2.24, 2.45) is 5.92 Å². The van der Waals surface area contributed by atoms with Crippen molar-refractivity contribution in [2.45, 2.75) is 37.9 Å². The predicted molar refractivity (Wildman–Crippen MR) is 75.1 cm³/mol. The fourth-order valence-electron chi connectivity index (χ4n) is 1.51. The maximum absolute atomic E-state index is 12.2. The van der Waals surface area contributed by atoms with Gasteiger partial charge < -0.3 is 9.72 Å². The summed E-state index contributed by atoms with van der Waals surface area (Å²) in [5, 5.41) is 0. The molecular weight excluding hydrogens is 288 g/mol. The van der Waals surface area contributed by atoms with E-state index >= 15 is 0 Å². The van der Waals surface area contributed by atoms with Crippen LogP contribution in [0.4, 0.5) is 0 Å². The molecule has 19 heavy (non-hydrogen) atoms. The molecule has 110 valence electrons. The van der Waals surface area contributed by atoms with Crippen LogP contribution >= 0.6 is 11.3 Å². The number of hydrogen-bond acceptors (Lipinski definition) is 5. The highest BCUT2D eigenvalue weighted by atomic mass is 32.2. The molecule has 0 aliphatic heterocycles. The Morgan fingerprint density at radius 3 is 2.47 bits per heavy atom. The Labute approximate surface area is 117 Å². The second kappa shape index (κ2) is 6.65. The van der Waals surface area contributed by atoms with E-state index in [2.05, 4.69) is 9.71 Å². The molecule has 0 fully saturated rings. The summed E-state index contributed by atoms with van der Waals surface area (Å²) in [6.45, 7) is 8.10. The quantitative estimate of drug-likeness (QED) is 0.789. The van der Waals surface area contributed by atoms with Gasteiger partial charge >= 0.3 is 4.87 Å². The summed E-state index contributed by atoms with van der Waals surface area (Å²) in [6.07, 6.45) is 0. The Hall–Kier alpha value is -0.700. The number of aryl methyl sites for hydroxylation is 1. The molecular formula is C11H20N2O4S2. The van der Waals surface area contributed by atoms with Crippen molar-refractivity contribution < 1.29 is 13.2 Å². The topological polar surface area (TPSA) is 88.3 Å². The van der Waals surface area contributed by atoms with Gasteiger partial charge in [-0.25, -0.2) is 13.1 Å². The van der Waals surface area contributed by atoms with Crippen LogP contribution in [0.15, 0.2) is 9.00 Å². The van der Waals surface area contributed by atoms with Crippen molar-refractivity contribution in [2.75, 3.05) is 13.2 Å². The molecule has 0 amide bonds. The number of ether oxygens (including phenoxy) is 1. The summed E-state index contributed by atoms with van der Waals surface area (Å²) < 4.78 is 32.4. The second-order valence-electron chi connectivity index (χ2n) is 4.56. The number of nitrogens with one attached hydrogen (secondary N) is 2. The van der Waals surface area contributed by atoms with Crippen molar-refractivity contribution in [3.8, 4) is 0 Å². The molecule has 1 unspecified atom stereocenters. The van der Waals surface area contributed by atoms with Crippen LogP contribution in [0.2, 0.25) is 0 Å². The molecule has 6 nitrogen and oxygen atoms in total. The van der Waals surface area contributed by atoms with E-state index in [0.29, 0.717) is 30.2 Å². The fraction of sp³-hybridized carbons (Fsp3) is 0.727. The number of sulfonamides is 1. The van der Waals surface area contributed by atoms with Gasteiger partial charge in [-0.05, 0) is 19.8 Å². The van der Waals surface area contributed by atoms with Gasteiger partial charge in [0.15, 0.2) is 4.21 Å². The minimum absolute atomic E-state index is 0.0413. The lowest BCUT2D eigenvalue weighted by molar-refractivity contribution is 0.116. The standard InChI is InChI=1S/C11H20N2O4S2/c1-5-17-6-9(7(2)3)13-19(15,16)10-8(4)12-11(14)18-10/h7,9,13H,5-6H2,1-4H3,(H,12,14). The Kier molecular flexibility index (Phi) is 5.72. The lowest BCUT2D eigenvalue weighted by Gasteiger charge is -2.21. The van der Waals surface area contributed by atoms with E-state index in [1.54, 1.807) is 6.92 Å². The van der Waals surface area contributed by atoms with Crippen molar-refractivity contribution in [1.82, 2.24) is 9.71 Å². The molecule has 0 spiro atoms. The average molecular weight is 308 g/mol. The first-order valence-corrected chi connectivity index (χ1v) is 8.37. The molecule has 0 bridgehead atoms. The van der Waals surface area contributed by atoms with Gasteiger partial charge in [-0.2, -0.15) is 0 Å². The van der Waals surface area contributed by atoms with Crippen molar-refractivity contribution in [3.63, 3.8) is 0 Å². The van der Waals surface area contributed by atoms with Crippen LogP contribution in [0.1, 0.15) is 26.5 Å². The molecule has 0 saturated heterocycles. The highest BCUT2D eigenvalue weighted by Gasteiger charge is 2.26. The molecule has 1 rings (SSSR count). The third kappa shape index (κ3) is 4.41. The van der Waals surface area contributed by atoms with Crippen LogP contribution in [0, 0.1) is 12.8 Å². The first-order valence-electron chi connectivity index (χ1n) is 6.07. The lowest BCUT2D eigenvalue weighted by atomic mass is 10.1. The number of hydrogen-bond donors (Lipinski definition) is 2.